The van der Waals surface area contributed by atoms with E-state index in [1.54, 1.807) is 24.3 Å². The van der Waals surface area contributed by atoms with Crippen molar-refractivity contribution in [2.75, 3.05) is 13.1 Å². The lowest BCUT2D eigenvalue weighted by atomic mass is 10.2. The van der Waals surface area contributed by atoms with Crippen LogP contribution in [0, 0.1) is 0 Å². The van der Waals surface area contributed by atoms with E-state index in [1.165, 1.54) is 4.90 Å². The first-order chi connectivity index (χ1) is 7.49. The first-order valence-electron chi connectivity index (χ1n) is 4.91. The van der Waals surface area contributed by atoms with Crippen molar-refractivity contribution in [1.82, 2.24) is 4.90 Å². The molecule has 0 radical (unpaired) electrons. The monoisotopic (exact) mass is 289 g/mol. The highest BCUT2D eigenvalue weighted by Gasteiger charge is 2.40. The Morgan fingerprint density at radius 3 is 2.62 bits per heavy atom. The third-order valence-electron chi connectivity index (χ3n) is 2.56. The van der Waals surface area contributed by atoms with Crippen LogP contribution in [0.2, 0.25) is 0 Å². The Morgan fingerprint density at radius 2 is 2.06 bits per heavy atom. The number of alkyl halides is 2. The molecule has 0 aromatic heterocycles. The zero-order valence-electron chi connectivity index (χ0n) is 8.42. The summed E-state index contributed by atoms with van der Waals surface area (Å²) in [7, 11) is 0. The highest BCUT2D eigenvalue weighted by molar-refractivity contribution is 9.10. The molecule has 5 heteroatoms. The van der Waals surface area contributed by atoms with Crippen molar-refractivity contribution in [3.8, 4) is 0 Å². The lowest BCUT2D eigenvalue weighted by molar-refractivity contribution is 0.0120. The first-order valence-corrected chi connectivity index (χ1v) is 5.70. The summed E-state index contributed by atoms with van der Waals surface area (Å²) in [5.74, 6) is -3.08. The molecule has 0 N–H and O–H groups in total. The molecule has 0 saturated carbocycles. The van der Waals surface area contributed by atoms with Crippen molar-refractivity contribution in [3.05, 3.63) is 34.3 Å². The van der Waals surface area contributed by atoms with Gasteiger partial charge in [0.1, 0.15) is 0 Å². The summed E-state index contributed by atoms with van der Waals surface area (Å²) in [5.41, 5.74) is 0.431. The number of likely N-dealkylation sites (tertiary alicyclic amines) is 1. The molecule has 1 saturated heterocycles. The molecule has 1 aromatic rings. The second-order valence-electron chi connectivity index (χ2n) is 3.81. The molecule has 1 aliphatic rings. The summed E-state index contributed by atoms with van der Waals surface area (Å²) in [6.45, 7) is -0.361. The van der Waals surface area contributed by atoms with Gasteiger partial charge in [-0.05, 0) is 28.1 Å². The number of carbonyl (C=O) groups excluding carboxylic acids is 1. The van der Waals surface area contributed by atoms with Crippen LogP contribution in [0.5, 0.6) is 0 Å². The number of halogens is 3. The number of benzene rings is 1. The van der Waals surface area contributed by atoms with E-state index in [0.717, 1.165) is 0 Å². The van der Waals surface area contributed by atoms with Crippen LogP contribution in [0.4, 0.5) is 8.78 Å². The van der Waals surface area contributed by atoms with Gasteiger partial charge in [0.05, 0.1) is 12.1 Å². The summed E-state index contributed by atoms with van der Waals surface area (Å²) in [6.07, 6.45) is -0.247. The molecule has 16 heavy (non-hydrogen) atoms. The number of rotatable bonds is 1. The SMILES string of the molecule is O=C(c1ccccc1Br)N1CCC(F)(F)C1. The molecule has 0 aliphatic carbocycles. The summed E-state index contributed by atoms with van der Waals surface area (Å²) >= 11 is 3.24. The van der Waals surface area contributed by atoms with Gasteiger partial charge in [0, 0.05) is 17.4 Å². The predicted molar refractivity (Wildman–Crippen MR) is 59.6 cm³/mol. The highest BCUT2D eigenvalue weighted by Crippen LogP contribution is 2.29. The van der Waals surface area contributed by atoms with Crippen molar-refractivity contribution in [2.45, 2.75) is 12.3 Å². The van der Waals surface area contributed by atoms with Crippen molar-refractivity contribution >= 4 is 21.8 Å². The largest absolute Gasteiger partial charge is 0.332 e. The maximum Gasteiger partial charge on any atom is 0.267 e. The van der Waals surface area contributed by atoms with Gasteiger partial charge in [0.15, 0.2) is 0 Å². The van der Waals surface area contributed by atoms with E-state index in [9.17, 15) is 13.6 Å². The normalized spacial score (nSPS) is 18.8. The molecule has 0 unspecified atom stereocenters. The van der Waals surface area contributed by atoms with E-state index in [4.69, 9.17) is 0 Å². The van der Waals surface area contributed by atoms with Crippen LogP contribution >= 0.6 is 15.9 Å². The molecule has 0 atom stereocenters. The van der Waals surface area contributed by atoms with Crippen molar-refractivity contribution < 1.29 is 13.6 Å². The van der Waals surface area contributed by atoms with Crippen molar-refractivity contribution in [1.29, 1.82) is 0 Å². The van der Waals surface area contributed by atoms with Crippen molar-refractivity contribution in [3.63, 3.8) is 0 Å². The van der Waals surface area contributed by atoms with Gasteiger partial charge in [-0.1, -0.05) is 12.1 Å². The van der Waals surface area contributed by atoms with E-state index in [2.05, 4.69) is 15.9 Å². The van der Waals surface area contributed by atoms with Gasteiger partial charge in [0.25, 0.3) is 11.8 Å². The molecule has 86 valence electrons. The topological polar surface area (TPSA) is 20.3 Å². The lowest BCUT2D eigenvalue weighted by Gasteiger charge is -2.16. The second kappa shape index (κ2) is 4.13. The van der Waals surface area contributed by atoms with Gasteiger partial charge < -0.3 is 4.90 Å². The number of amides is 1. The fourth-order valence-electron chi connectivity index (χ4n) is 1.71. The minimum Gasteiger partial charge on any atom is -0.332 e. The summed E-state index contributed by atoms with van der Waals surface area (Å²) in [6, 6.07) is 6.84. The molecule has 2 nitrogen and oxygen atoms in total. The fraction of sp³-hybridized carbons (Fsp3) is 0.364. The van der Waals surface area contributed by atoms with Crippen LogP contribution in [0.15, 0.2) is 28.7 Å². The molecule has 0 spiro atoms. The van der Waals surface area contributed by atoms with Crippen LogP contribution in [-0.4, -0.2) is 29.8 Å². The Balaban J connectivity index is 2.18. The van der Waals surface area contributed by atoms with Gasteiger partial charge in [-0.3, -0.25) is 4.79 Å². The van der Waals surface area contributed by atoms with Crippen LogP contribution < -0.4 is 0 Å². The van der Waals surface area contributed by atoms with Gasteiger partial charge in [-0.2, -0.15) is 0 Å². The lowest BCUT2D eigenvalue weighted by Crippen LogP contribution is -2.31. The summed E-state index contributed by atoms with van der Waals surface area (Å²) in [5, 5.41) is 0. The first kappa shape index (κ1) is 11.5. The maximum absolute atomic E-state index is 13.0. The average molecular weight is 290 g/mol. The number of hydrogen-bond acceptors (Lipinski definition) is 1. The Hall–Kier alpha value is -0.970. The summed E-state index contributed by atoms with van der Waals surface area (Å²) < 4.78 is 26.6. The van der Waals surface area contributed by atoms with Gasteiger partial charge in [0.2, 0.25) is 0 Å². The molecule has 1 aliphatic heterocycles. The van der Waals surface area contributed by atoms with E-state index in [0.29, 0.717) is 10.0 Å². The Morgan fingerprint density at radius 1 is 1.38 bits per heavy atom. The molecular weight excluding hydrogens is 280 g/mol. The van der Waals surface area contributed by atoms with Crippen LogP contribution in [-0.2, 0) is 0 Å². The van der Waals surface area contributed by atoms with Crippen LogP contribution in [0.25, 0.3) is 0 Å². The van der Waals surface area contributed by atoms with E-state index >= 15 is 0 Å². The van der Waals surface area contributed by atoms with E-state index in [-0.39, 0.29) is 18.9 Å². The Bertz CT molecular complexity index is 422. The molecular formula is C11H10BrF2NO. The third-order valence-corrected chi connectivity index (χ3v) is 3.25. The zero-order chi connectivity index (χ0) is 11.8. The maximum atomic E-state index is 13.0. The number of nitrogens with zero attached hydrogens (tertiary/aromatic N) is 1. The molecule has 2 rings (SSSR count). The molecule has 1 amide bonds. The molecule has 0 bridgehead atoms. The quantitative estimate of drug-likeness (QED) is 0.778. The number of carbonyl (C=O) groups is 1. The Labute approximate surface area is 100 Å². The van der Waals surface area contributed by atoms with Crippen LogP contribution in [0.1, 0.15) is 16.8 Å². The zero-order valence-corrected chi connectivity index (χ0v) is 10.0. The minimum absolute atomic E-state index is 0.118. The van der Waals surface area contributed by atoms with Crippen LogP contribution in [0.3, 0.4) is 0 Å². The third kappa shape index (κ3) is 2.24. The standard InChI is InChI=1S/C11H10BrF2NO/c12-9-4-2-1-3-8(9)10(16)15-6-5-11(13,14)7-15/h1-4H,5-7H2. The fourth-order valence-corrected chi connectivity index (χ4v) is 2.17. The summed E-state index contributed by atoms with van der Waals surface area (Å²) in [4.78, 5) is 13.1. The van der Waals surface area contributed by atoms with E-state index < -0.39 is 12.5 Å². The smallest absolute Gasteiger partial charge is 0.267 e. The average Bonchev–Trinajstić information content (AvgIpc) is 2.59. The number of hydrogen-bond donors (Lipinski definition) is 0. The molecule has 1 fully saturated rings. The predicted octanol–water partition coefficient (Wildman–Crippen LogP) is 2.93. The highest BCUT2D eigenvalue weighted by atomic mass is 79.9. The van der Waals surface area contributed by atoms with Gasteiger partial charge in [-0.15, -0.1) is 0 Å². The minimum atomic E-state index is -2.74. The second-order valence-corrected chi connectivity index (χ2v) is 4.67. The van der Waals surface area contributed by atoms with E-state index in [1.807, 2.05) is 0 Å². The van der Waals surface area contributed by atoms with Gasteiger partial charge in [-0.25, -0.2) is 8.78 Å². The molecule has 1 heterocycles. The van der Waals surface area contributed by atoms with Gasteiger partial charge >= 0.3 is 0 Å². The molecule has 1 aromatic carbocycles. The van der Waals surface area contributed by atoms with Crippen molar-refractivity contribution in [2.24, 2.45) is 0 Å². The Kier molecular flexibility index (Phi) is 2.97.